The lowest BCUT2D eigenvalue weighted by molar-refractivity contribution is 0.271. The Bertz CT molecular complexity index is 563. The van der Waals surface area contributed by atoms with E-state index >= 15 is 0 Å². The lowest BCUT2D eigenvalue weighted by atomic mass is 10.1. The first kappa shape index (κ1) is 12.1. The van der Waals surface area contributed by atoms with Crippen molar-refractivity contribution in [1.29, 1.82) is 0 Å². The van der Waals surface area contributed by atoms with Gasteiger partial charge in [-0.3, -0.25) is 4.40 Å². The van der Waals surface area contributed by atoms with E-state index in [1.165, 1.54) is 6.42 Å². The summed E-state index contributed by atoms with van der Waals surface area (Å²) in [6, 6.07) is 6.64. The first-order valence-corrected chi connectivity index (χ1v) is 7.19. The second-order valence-electron chi connectivity index (χ2n) is 5.17. The lowest BCUT2D eigenvalue weighted by Gasteiger charge is -2.19. The van der Waals surface area contributed by atoms with Crippen LogP contribution in [0.1, 0.15) is 32.0 Å². The molecule has 0 amide bonds. The van der Waals surface area contributed by atoms with Crippen molar-refractivity contribution in [2.24, 2.45) is 0 Å². The molecule has 2 aromatic heterocycles. The van der Waals surface area contributed by atoms with Gasteiger partial charge < -0.3 is 4.90 Å². The molecule has 0 N–H and O–H groups in total. The number of aromatic nitrogens is 3. The van der Waals surface area contributed by atoms with E-state index in [0.717, 1.165) is 29.2 Å². The van der Waals surface area contributed by atoms with Crippen LogP contribution in [0.25, 0.3) is 5.65 Å². The molecule has 0 spiro atoms. The molecule has 1 aliphatic heterocycles. The van der Waals surface area contributed by atoms with Crippen LogP contribution in [-0.2, 0) is 0 Å². The molecule has 0 radical (unpaired) electrons. The third kappa shape index (κ3) is 1.95. The maximum Gasteiger partial charge on any atom is 0.161 e. The predicted molar refractivity (Wildman–Crippen MR) is 74.8 cm³/mol. The zero-order chi connectivity index (χ0) is 12.7. The molecule has 1 unspecified atom stereocenters. The molecule has 4 nitrogen and oxygen atoms in total. The molecule has 0 saturated carbocycles. The highest BCUT2D eigenvalue weighted by Gasteiger charge is 2.29. The van der Waals surface area contributed by atoms with Crippen molar-refractivity contribution >= 4 is 21.6 Å². The highest BCUT2D eigenvalue weighted by Crippen LogP contribution is 2.29. The number of nitrogens with zero attached hydrogens (tertiary/aromatic N) is 4. The molecule has 2 aromatic rings. The van der Waals surface area contributed by atoms with Crippen molar-refractivity contribution in [2.45, 2.75) is 32.2 Å². The van der Waals surface area contributed by atoms with Crippen LogP contribution in [0.15, 0.2) is 22.8 Å². The molecule has 18 heavy (non-hydrogen) atoms. The van der Waals surface area contributed by atoms with Crippen LogP contribution in [-0.4, -0.2) is 38.6 Å². The standard InChI is InChI=1S/C13H17BrN4/c1-9(2)17-7-6-10(8-17)13-16-15-12-5-3-4-11(14)18(12)13/h3-5,9-10H,6-8H2,1-2H3. The third-order valence-electron chi connectivity index (χ3n) is 3.72. The number of rotatable bonds is 2. The lowest BCUT2D eigenvalue weighted by Crippen LogP contribution is -2.28. The van der Waals surface area contributed by atoms with E-state index in [1.54, 1.807) is 0 Å². The van der Waals surface area contributed by atoms with Gasteiger partial charge in [-0.25, -0.2) is 0 Å². The van der Waals surface area contributed by atoms with Crippen LogP contribution >= 0.6 is 15.9 Å². The number of fused-ring (bicyclic) bond motifs is 1. The molecule has 1 saturated heterocycles. The van der Waals surface area contributed by atoms with E-state index in [2.05, 4.69) is 49.3 Å². The molecular weight excluding hydrogens is 292 g/mol. The topological polar surface area (TPSA) is 33.4 Å². The Morgan fingerprint density at radius 2 is 2.17 bits per heavy atom. The van der Waals surface area contributed by atoms with Gasteiger partial charge in [-0.05, 0) is 54.9 Å². The summed E-state index contributed by atoms with van der Waals surface area (Å²) in [5.41, 5.74) is 0.919. The van der Waals surface area contributed by atoms with E-state index < -0.39 is 0 Å². The summed E-state index contributed by atoms with van der Waals surface area (Å²) in [7, 11) is 0. The highest BCUT2D eigenvalue weighted by molar-refractivity contribution is 9.10. The highest BCUT2D eigenvalue weighted by atomic mass is 79.9. The van der Waals surface area contributed by atoms with Gasteiger partial charge in [0.05, 0.1) is 4.60 Å². The SMILES string of the molecule is CC(C)N1CCC(c2nnc3cccc(Br)n23)C1. The minimum absolute atomic E-state index is 0.487. The largest absolute Gasteiger partial charge is 0.300 e. The van der Waals surface area contributed by atoms with Crippen molar-refractivity contribution in [3.63, 3.8) is 0 Å². The van der Waals surface area contributed by atoms with Crippen LogP contribution in [0, 0.1) is 0 Å². The van der Waals surface area contributed by atoms with Gasteiger partial charge in [-0.1, -0.05) is 6.07 Å². The third-order valence-corrected chi connectivity index (χ3v) is 4.34. The fourth-order valence-electron chi connectivity index (χ4n) is 2.66. The van der Waals surface area contributed by atoms with Gasteiger partial charge in [0.15, 0.2) is 5.65 Å². The average Bonchev–Trinajstić information content (AvgIpc) is 2.94. The monoisotopic (exact) mass is 308 g/mol. The van der Waals surface area contributed by atoms with Crippen molar-refractivity contribution < 1.29 is 0 Å². The van der Waals surface area contributed by atoms with Gasteiger partial charge in [0.1, 0.15) is 5.82 Å². The van der Waals surface area contributed by atoms with E-state index in [-0.39, 0.29) is 0 Å². The molecule has 3 rings (SSSR count). The maximum absolute atomic E-state index is 4.39. The van der Waals surface area contributed by atoms with Crippen molar-refractivity contribution in [3.8, 4) is 0 Å². The summed E-state index contributed by atoms with van der Waals surface area (Å²) in [5, 5.41) is 8.65. The summed E-state index contributed by atoms with van der Waals surface area (Å²) in [4.78, 5) is 2.50. The molecule has 0 aromatic carbocycles. The van der Waals surface area contributed by atoms with Crippen molar-refractivity contribution in [1.82, 2.24) is 19.5 Å². The molecule has 0 aliphatic carbocycles. The van der Waals surface area contributed by atoms with Crippen molar-refractivity contribution in [2.75, 3.05) is 13.1 Å². The summed E-state index contributed by atoms with van der Waals surface area (Å²) >= 11 is 3.59. The Kier molecular flexibility index (Phi) is 3.11. The van der Waals surface area contributed by atoms with Gasteiger partial charge in [0.25, 0.3) is 0 Å². The quantitative estimate of drug-likeness (QED) is 0.800. The van der Waals surface area contributed by atoms with E-state index in [4.69, 9.17) is 0 Å². The van der Waals surface area contributed by atoms with Gasteiger partial charge in [-0.15, -0.1) is 10.2 Å². The minimum Gasteiger partial charge on any atom is -0.300 e. The Labute approximate surface area is 115 Å². The fraction of sp³-hybridized carbons (Fsp3) is 0.538. The summed E-state index contributed by atoms with van der Waals surface area (Å²) in [5.74, 6) is 1.57. The summed E-state index contributed by atoms with van der Waals surface area (Å²) < 4.78 is 3.15. The number of hydrogen-bond acceptors (Lipinski definition) is 3. The van der Waals surface area contributed by atoms with E-state index in [1.807, 2.05) is 18.2 Å². The van der Waals surface area contributed by atoms with Crippen LogP contribution in [0.2, 0.25) is 0 Å². The second kappa shape index (κ2) is 4.63. The normalized spacial score (nSPS) is 21.2. The molecule has 96 valence electrons. The Morgan fingerprint density at radius 3 is 2.89 bits per heavy atom. The fourth-order valence-corrected chi connectivity index (χ4v) is 3.17. The number of halogens is 1. The Hall–Kier alpha value is -0.940. The first-order chi connectivity index (χ1) is 8.66. The smallest absolute Gasteiger partial charge is 0.161 e. The van der Waals surface area contributed by atoms with Crippen LogP contribution < -0.4 is 0 Å². The number of pyridine rings is 1. The van der Waals surface area contributed by atoms with E-state index in [9.17, 15) is 0 Å². The zero-order valence-corrected chi connectivity index (χ0v) is 12.3. The maximum atomic E-state index is 4.39. The molecule has 5 heteroatoms. The van der Waals surface area contributed by atoms with E-state index in [0.29, 0.717) is 12.0 Å². The molecular formula is C13H17BrN4. The second-order valence-corrected chi connectivity index (χ2v) is 5.99. The Morgan fingerprint density at radius 1 is 1.33 bits per heavy atom. The van der Waals surface area contributed by atoms with Crippen molar-refractivity contribution in [3.05, 3.63) is 28.6 Å². The molecule has 3 heterocycles. The number of hydrogen-bond donors (Lipinski definition) is 0. The zero-order valence-electron chi connectivity index (χ0n) is 10.7. The first-order valence-electron chi connectivity index (χ1n) is 6.40. The van der Waals surface area contributed by atoms with Crippen LogP contribution in [0.3, 0.4) is 0 Å². The average molecular weight is 309 g/mol. The van der Waals surface area contributed by atoms with Gasteiger partial charge in [0, 0.05) is 18.5 Å². The molecule has 0 bridgehead atoms. The molecule has 1 atom stereocenters. The van der Waals surface area contributed by atoms with Gasteiger partial charge in [-0.2, -0.15) is 0 Å². The van der Waals surface area contributed by atoms with Gasteiger partial charge in [0.2, 0.25) is 0 Å². The predicted octanol–water partition coefficient (Wildman–Crippen LogP) is 2.69. The summed E-state index contributed by atoms with van der Waals surface area (Å²) in [6.07, 6.45) is 1.17. The minimum atomic E-state index is 0.487. The van der Waals surface area contributed by atoms with Crippen LogP contribution in [0.5, 0.6) is 0 Å². The molecule has 1 aliphatic rings. The molecule has 1 fully saturated rings. The van der Waals surface area contributed by atoms with Gasteiger partial charge >= 0.3 is 0 Å². The van der Waals surface area contributed by atoms with Crippen LogP contribution in [0.4, 0.5) is 0 Å². The Balaban J connectivity index is 1.96. The number of likely N-dealkylation sites (tertiary alicyclic amines) is 1. The summed E-state index contributed by atoms with van der Waals surface area (Å²) in [6.45, 7) is 6.74.